The third-order valence-electron chi connectivity index (χ3n) is 3.67. The second-order valence-corrected chi connectivity index (χ2v) is 7.19. The van der Waals surface area contributed by atoms with Crippen molar-refractivity contribution in [2.75, 3.05) is 5.73 Å². The monoisotopic (exact) mass is 338 g/mol. The number of hydrogen-bond donors (Lipinski definition) is 2. The number of nitrogen functional groups attached to an aromatic ring is 1. The first kappa shape index (κ1) is 17.6. The van der Waals surface area contributed by atoms with Crippen molar-refractivity contribution in [3.05, 3.63) is 22.2 Å². The smallest absolute Gasteiger partial charge is 0.244 e. The normalized spacial score (nSPS) is 12.7. The summed E-state index contributed by atoms with van der Waals surface area (Å²) >= 11 is 12.0. The Labute approximate surface area is 130 Å². The fourth-order valence-electron chi connectivity index (χ4n) is 2.14. The van der Waals surface area contributed by atoms with Gasteiger partial charge >= 0.3 is 0 Å². The van der Waals surface area contributed by atoms with E-state index in [0.717, 1.165) is 0 Å². The highest BCUT2D eigenvalue weighted by molar-refractivity contribution is 7.89. The number of halogens is 2. The lowest BCUT2D eigenvalue weighted by molar-refractivity contribution is 0.342. The first-order valence-corrected chi connectivity index (χ1v) is 8.73. The quantitative estimate of drug-likeness (QED) is 0.774. The number of nitrogens with two attached hydrogens (primary N) is 1. The van der Waals surface area contributed by atoms with Crippen molar-refractivity contribution in [1.82, 2.24) is 4.72 Å². The van der Waals surface area contributed by atoms with Crippen molar-refractivity contribution in [3.63, 3.8) is 0 Å². The van der Waals surface area contributed by atoms with Crippen LogP contribution in [0.3, 0.4) is 0 Å². The van der Waals surface area contributed by atoms with E-state index >= 15 is 0 Å². The lowest BCUT2D eigenvalue weighted by Gasteiger charge is -2.31. The maximum absolute atomic E-state index is 12.6. The zero-order chi connectivity index (χ0) is 15.6. The average molecular weight is 339 g/mol. The lowest BCUT2D eigenvalue weighted by atomic mass is 9.91. The molecule has 0 heterocycles. The van der Waals surface area contributed by atoms with Gasteiger partial charge in [0.15, 0.2) is 0 Å². The highest BCUT2D eigenvalue weighted by Crippen LogP contribution is 2.33. The van der Waals surface area contributed by atoms with Crippen LogP contribution >= 0.6 is 23.2 Å². The zero-order valence-electron chi connectivity index (χ0n) is 11.8. The summed E-state index contributed by atoms with van der Waals surface area (Å²) in [4.78, 5) is -0.116. The topological polar surface area (TPSA) is 72.2 Å². The van der Waals surface area contributed by atoms with Crippen molar-refractivity contribution in [2.24, 2.45) is 0 Å². The average Bonchev–Trinajstić information content (AvgIpc) is 2.34. The van der Waals surface area contributed by atoms with Crippen LogP contribution in [0, 0.1) is 0 Å². The maximum Gasteiger partial charge on any atom is 0.244 e. The molecule has 1 rings (SSSR count). The van der Waals surface area contributed by atoms with E-state index in [9.17, 15) is 8.42 Å². The second-order valence-electron chi connectivity index (χ2n) is 4.76. The van der Waals surface area contributed by atoms with Crippen LogP contribution in [-0.2, 0) is 10.0 Å². The van der Waals surface area contributed by atoms with Gasteiger partial charge in [-0.05, 0) is 31.4 Å². The molecule has 4 nitrogen and oxygen atoms in total. The van der Waals surface area contributed by atoms with Gasteiger partial charge in [-0.25, -0.2) is 13.1 Å². The standard InChI is InChI=1S/C13H20Cl2N2O2S/c1-4-13(5-2,6-3)17-20(18,19)12-10(14)7-9(16)8-11(12)15/h7-8,17H,4-6,16H2,1-3H3. The summed E-state index contributed by atoms with van der Waals surface area (Å²) in [6.45, 7) is 5.84. The maximum atomic E-state index is 12.6. The summed E-state index contributed by atoms with van der Waals surface area (Å²) in [7, 11) is -3.80. The minimum atomic E-state index is -3.80. The van der Waals surface area contributed by atoms with E-state index in [1.165, 1.54) is 12.1 Å². The Balaban J connectivity index is 3.32. The molecule has 0 aliphatic carbocycles. The molecule has 0 unspecified atom stereocenters. The molecule has 0 fully saturated rings. The minimum absolute atomic E-state index is 0.0275. The van der Waals surface area contributed by atoms with Gasteiger partial charge in [0.2, 0.25) is 10.0 Å². The van der Waals surface area contributed by atoms with Gasteiger partial charge in [0.1, 0.15) is 4.90 Å². The summed E-state index contributed by atoms with van der Waals surface area (Å²) in [6, 6.07) is 2.76. The molecule has 0 aliphatic rings. The third-order valence-corrected chi connectivity index (χ3v) is 6.17. The van der Waals surface area contributed by atoms with E-state index < -0.39 is 15.6 Å². The SMILES string of the molecule is CCC(CC)(CC)NS(=O)(=O)c1c(Cl)cc(N)cc1Cl. The number of sulfonamides is 1. The molecule has 0 bridgehead atoms. The van der Waals surface area contributed by atoms with Crippen LogP contribution in [0.25, 0.3) is 0 Å². The van der Waals surface area contributed by atoms with Gasteiger partial charge in [0.25, 0.3) is 0 Å². The van der Waals surface area contributed by atoms with Crippen molar-refractivity contribution < 1.29 is 8.42 Å². The Morgan fingerprint density at radius 2 is 1.50 bits per heavy atom. The minimum Gasteiger partial charge on any atom is -0.399 e. The molecule has 0 saturated carbocycles. The molecule has 0 aliphatic heterocycles. The van der Waals surface area contributed by atoms with Gasteiger partial charge in [-0.1, -0.05) is 44.0 Å². The lowest BCUT2D eigenvalue weighted by Crippen LogP contribution is -2.47. The van der Waals surface area contributed by atoms with Gasteiger partial charge in [0.05, 0.1) is 10.0 Å². The summed E-state index contributed by atoms with van der Waals surface area (Å²) in [5, 5.41) is 0.0550. The van der Waals surface area contributed by atoms with Crippen LogP contribution in [0.2, 0.25) is 10.0 Å². The summed E-state index contributed by atoms with van der Waals surface area (Å²) in [5.74, 6) is 0. The van der Waals surface area contributed by atoms with E-state index in [4.69, 9.17) is 28.9 Å². The van der Waals surface area contributed by atoms with Crippen LogP contribution in [0.5, 0.6) is 0 Å². The van der Waals surface area contributed by atoms with Crippen molar-refractivity contribution in [2.45, 2.75) is 50.5 Å². The predicted molar refractivity (Wildman–Crippen MR) is 84.8 cm³/mol. The summed E-state index contributed by atoms with van der Waals surface area (Å²) in [5.41, 5.74) is 5.43. The molecular formula is C13H20Cl2N2O2S. The van der Waals surface area contributed by atoms with Crippen LogP contribution in [0.1, 0.15) is 40.0 Å². The Bertz CT molecular complexity index is 553. The number of hydrogen-bond acceptors (Lipinski definition) is 3. The Hall–Kier alpha value is -0.490. The molecule has 0 radical (unpaired) electrons. The van der Waals surface area contributed by atoms with Crippen LogP contribution in [-0.4, -0.2) is 14.0 Å². The van der Waals surface area contributed by atoms with Gasteiger partial charge in [-0.3, -0.25) is 0 Å². The van der Waals surface area contributed by atoms with Gasteiger partial charge < -0.3 is 5.73 Å². The Kier molecular flexibility index (Phi) is 5.72. The molecule has 0 amide bonds. The van der Waals surface area contributed by atoms with E-state index in [-0.39, 0.29) is 14.9 Å². The molecule has 0 atom stereocenters. The molecule has 0 aromatic heterocycles. The number of nitrogens with one attached hydrogen (secondary N) is 1. The van der Waals surface area contributed by atoms with E-state index in [1.54, 1.807) is 0 Å². The molecule has 1 aromatic rings. The Morgan fingerprint density at radius 3 is 1.85 bits per heavy atom. The predicted octanol–water partition coefficient (Wildman–Crippen LogP) is 3.82. The van der Waals surface area contributed by atoms with E-state index in [0.29, 0.717) is 24.9 Å². The molecule has 114 valence electrons. The van der Waals surface area contributed by atoms with E-state index in [2.05, 4.69) is 4.72 Å². The summed E-state index contributed by atoms with van der Waals surface area (Å²) < 4.78 is 27.8. The molecule has 7 heteroatoms. The zero-order valence-corrected chi connectivity index (χ0v) is 14.2. The Morgan fingerprint density at radius 1 is 1.10 bits per heavy atom. The second kappa shape index (κ2) is 6.52. The molecule has 20 heavy (non-hydrogen) atoms. The molecule has 3 N–H and O–H groups in total. The summed E-state index contributed by atoms with van der Waals surface area (Å²) in [6.07, 6.45) is 2.05. The van der Waals surface area contributed by atoms with Crippen molar-refractivity contribution in [1.29, 1.82) is 0 Å². The van der Waals surface area contributed by atoms with E-state index in [1.807, 2.05) is 20.8 Å². The highest BCUT2D eigenvalue weighted by atomic mass is 35.5. The molecular weight excluding hydrogens is 319 g/mol. The van der Waals surface area contributed by atoms with Gasteiger partial charge in [-0.2, -0.15) is 0 Å². The van der Waals surface area contributed by atoms with Gasteiger partial charge in [-0.15, -0.1) is 0 Å². The number of anilines is 1. The molecule has 0 saturated heterocycles. The van der Waals surface area contributed by atoms with Crippen molar-refractivity contribution in [3.8, 4) is 0 Å². The fourth-order valence-corrected chi connectivity index (χ4v) is 4.99. The van der Waals surface area contributed by atoms with Crippen LogP contribution in [0.15, 0.2) is 17.0 Å². The highest BCUT2D eigenvalue weighted by Gasteiger charge is 2.32. The number of benzene rings is 1. The van der Waals surface area contributed by atoms with Gasteiger partial charge in [0, 0.05) is 11.2 Å². The molecule has 1 aromatic carbocycles. The van der Waals surface area contributed by atoms with Crippen molar-refractivity contribution >= 4 is 38.9 Å². The number of rotatable bonds is 6. The first-order valence-electron chi connectivity index (χ1n) is 6.49. The van der Waals surface area contributed by atoms with Crippen LogP contribution < -0.4 is 10.5 Å². The largest absolute Gasteiger partial charge is 0.399 e. The third kappa shape index (κ3) is 3.58. The first-order chi connectivity index (χ1) is 9.21. The molecule has 0 spiro atoms. The van der Waals surface area contributed by atoms with Crippen LogP contribution in [0.4, 0.5) is 5.69 Å². The fraction of sp³-hybridized carbons (Fsp3) is 0.538.